The first-order valence-electron chi connectivity index (χ1n) is 7.32. The largest absolute Gasteiger partial charge is 0.398 e. The summed E-state index contributed by atoms with van der Waals surface area (Å²) in [6, 6.07) is 9.24. The topological polar surface area (TPSA) is 68.0 Å². The Bertz CT molecular complexity index is 693. The number of anilines is 1. The van der Waals surface area contributed by atoms with Crippen molar-refractivity contribution >= 4 is 22.5 Å². The SMILES string of the molecule is Nc1cc(C(=O)NCC2CC=CCC2)nc2ccccc12. The van der Waals surface area contributed by atoms with Crippen LogP contribution >= 0.6 is 0 Å². The van der Waals surface area contributed by atoms with E-state index in [4.69, 9.17) is 5.73 Å². The molecule has 0 spiro atoms. The van der Waals surface area contributed by atoms with Crippen LogP contribution in [0.4, 0.5) is 5.69 Å². The van der Waals surface area contributed by atoms with Gasteiger partial charge in [-0.25, -0.2) is 4.98 Å². The molecule has 3 N–H and O–H groups in total. The number of pyridine rings is 1. The van der Waals surface area contributed by atoms with Gasteiger partial charge >= 0.3 is 0 Å². The van der Waals surface area contributed by atoms with Gasteiger partial charge in [-0.15, -0.1) is 0 Å². The molecule has 0 bridgehead atoms. The third-order valence-corrected chi connectivity index (χ3v) is 3.91. The van der Waals surface area contributed by atoms with Gasteiger partial charge in [-0.3, -0.25) is 4.79 Å². The lowest BCUT2D eigenvalue weighted by Gasteiger charge is -2.18. The summed E-state index contributed by atoms with van der Waals surface area (Å²) in [4.78, 5) is 16.6. The number of amides is 1. The first kappa shape index (κ1) is 13.6. The molecule has 1 unspecified atom stereocenters. The molecule has 1 aromatic heterocycles. The van der Waals surface area contributed by atoms with E-state index in [-0.39, 0.29) is 5.91 Å². The highest BCUT2D eigenvalue weighted by atomic mass is 16.1. The van der Waals surface area contributed by atoms with Crippen molar-refractivity contribution in [2.24, 2.45) is 5.92 Å². The van der Waals surface area contributed by atoms with Crippen LogP contribution in [-0.4, -0.2) is 17.4 Å². The van der Waals surface area contributed by atoms with Crippen LogP contribution in [0.15, 0.2) is 42.5 Å². The summed E-state index contributed by atoms with van der Waals surface area (Å²) in [7, 11) is 0. The molecule has 1 amide bonds. The lowest BCUT2D eigenvalue weighted by molar-refractivity contribution is 0.0941. The minimum atomic E-state index is -0.151. The number of carbonyl (C=O) groups is 1. The number of fused-ring (bicyclic) bond motifs is 1. The molecule has 1 aromatic carbocycles. The van der Waals surface area contributed by atoms with Crippen LogP contribution in [-0.2, 0) is 0 Å². The van der Waals surface area contributed by atoms with Crippen LogP contribution in [0.2, 0.25) is 0 Å². The Labute approximate surface area is 124 Å². The van der Waals surface area contributed by atoms with Crippen molar-refractivity contribution in [1.82, 2.24) is 10.3 Å². The third kappa shape index (κ3) is 3.05. The van der Waals surface area contributed by atoms with Crippen LogP contribution in [0.1, 0.15) is 29.8 Å². The zero-order valence-electron chi connectivity index (χ0n) is 11.9. The zero-order valence-corrected chi connectivity index (χ0v) is 11.9. The van der Waals surface area contributed by atoms with E-state index >= 15 is 0 Å². The number of allylic oxidation sites excluding steroid dienone is 2. The van der Waals surface area contributed by atoms with E-state index in [1.54, 1.807) is 6.07 Å². The number of nitrogens with one attached hydrogen (secondary N) is 1. The molecule has 0 saturated heterocycles. The minimum Gasteiger partial charge on any atom is -0.398 e. The van der Waals surface area contributed by atoms with Crippen LogP contribution in [0, 0.1) is 5.92 Å². The number of benzene rings is 1. The van der Waals surface area contributed by atoms with E-state index < -0.39 is 0 Å². The maximum Gasteiger partial charge on any atom is 0.269 e. The second-order valence-electron chi connectivity index (χ2n) is 5.47. The van der Waals surface area contributed by atoms with E-state index in [0.717, 1.165) is 30.2 Å². The van der Waals surface area contributed by atoms with Gasteiger partial charge in [0.05, 0.1) is 5.52 Å². The lowest BCUT2D eigenvalue weighted by Crippen LogP contribution is -2.30. The number of nitrogens with zero attached hydrogens (tertiary/aromatic N) is 1. The Kier molecular flexibility index (Phi) is 3.86. The Hall–Kier alpha value is -2.36. The number of para-hydroxylation sites is 1. The van der Waals surface area contributed by atoms with Gasteiger partial charge in [0.1, 0.15) is 5.69 Å². The average molecular weight is 281 g/mol. The van der Waals surface area contributed by atoms with Crippen molar-refractivity contribution in [3.63, 3.8) is 0 Å². The molecule has 21 heavy (non-hydrogen) atoms. The molecule has 1 heterocycles. The summed E-state index contributed by atoms with van der Waals surface area (Å²) in [5, 5.41) is 3.85. The molecule has 0 radical (unpaired) electrons. The van der Waals surface area contributed by atoms with Gasteiger partial charge in [0, 0.05) is 17.6 Å². The van der Waals surface area contributed by atoms with E-state index in [2.05, 4.69) is 22.5 Å². The zero-order chi connectivity index (χ0) is 14.7. The highest BCUT2D eigenvalue weighted by Crippen LogP contribution is 2.20. The van der Waals surface area contributed by atoms with Crippen LogP contribution in [0.25, 0.3) is 10.9 Å². The standard InChI is InChI=1S/C17H19N3O/c18-14-10-16(20-15-9-5-4-8-13(14)15)17(21)19-11-12-6-2-1-3-7-12/h1-2,4-5,8-10,12H,3,6-7,11H2,(H2,18,20)(H,19,21). The molecule has 1 aliphatic carbocycles. The maximum absolute atomic E-state index is 12.2. The Balaban J connectivity index is 1.73. The van der Waals surface area contributed by atoms with Gasteiger partial charge in [0.2, 0.25) is 0 Å². The molecule has 4 heteroatoms. The average Bonchev–Trinajstić information content (AvgIpc) is 2.53. The minimum absolute atomic E-state index is 0.151. The number of hydrogen-bond donors (Lipinski definition) is 2. The molecule has 2 aromatic rings. The molecule has 0 fully saturated rings. The highest BCUT2D eigenvalue weighted by molar-refractivity contribution is 5.99. The second kappa shape index (κ2) is 5.95. The highest BCUT2D eigenvalue weighted by Gasteiger charge is 2.14. The number of rotatable bonds is 3. The van der Waals surface area contributed by atoms with Crippen molar-refractivity contribution in [2.45, 2.75) is 19.3 Å². The van der Waals surface area contributed by atoms with Gasteiger partial charge in [0.15, 0.2) is 0 Å². The van der Waals surface area contributed by atoms with Gasteiger partial charge in [-0.2, -0.15) is 0 Å². The molecule has 0 aliphatic heterocycles. The summed E-state index contributed by atoms with van der Waals surface area (Å²) in [5.41, 5.74) is 7.73. The molecule has 1 atom stereocenters. The number of aromatic nitrogens is 1. The molecule has 4 nitrogen and oxygen atoms in total. The fourth-order valence-electron chi connectivity index (χ4n) is 2.69. The van der Waals surface area contributed by atoms with E-state index in [1.807, 2.05) is 24.3 Å². The van der Waals surface area contributed by atoms with Gasteiger partial charge in [-0.05, 0) is 37.3 Å². The summed E-state index contributed by atoms with van der Waals surface area (Å²) in [6.07, 6.45) is 7.65. The van der Waals surface area contributed by atoms with Gasteiger partial charge in [0.25, 0.3) is 5.91 Å². The Morgan fingerprint density at radius 1 is 1.33 bits per heavy atom. The Morgan fingerprint density at radius 3 is 3.00 bits per heavy atom. The summed E-state index contributed by atoms with van der Waals surface area (Å²) >= 11 is 0. The normalized spacial score (nSPS) is 17.8. The van der Waals surface area contributed by atoms with E-state index in [1.165, 1.54) is 0 Å². The third-order valence-electron chi connectivity index (χ3n) is 3.91. The van der Waals surface area contributed by atoms with Crippen molar-refractivity contribution < 1.29 is 4.79 Å². The smallest absolute Gasteiger partial charge is 0.269 e. The monoisotopic (exact) mass is 281 g/mol. The molecule has 1 aliphatic rings. The molecule has 3 rings (SSSR count). The van der Waals surface area contributed by atoms with E-state index in [9.17, 15) is 4.79 Å². The van der Waals surface area contributed by atoms with Crippen molar-refractivity contribution in [3.8, 4) is 0 Å². The van der Waals surface area contributed by atoms with Crippen LogP contribution in [0.5, 0.6) is 0 Å². The summed E-state index contributed by atoms with van der Waals surface area (Å²) in [5.74, 6) is 0.374. The molecule has 108 valence electrons. The quantitative estimate of drug-likeness (QED) is 0.850. The first-order chi connectivity index (χ1) is 10.2. The van der Waals surface area contributed by atoms with Crippen molar-refractivity contribution in [3.05, 3.63) is 48.2 Å². The predicted molar refractivity (Wildman–Crippen MR) is 85.0 cm³/mol. The van der Waals surface area contributed by atoms with Crippen molar-refractivity contribution in [2.75, 3.05) is 12.3 Å². The van der Waals surface area contributed by atoms with Crippen molar-refractivity contribution in [1.29, 1.82) is 0 Å². The Morgan fingerprint density at radius 2 is 2.19 bits per heavy atom. The van der Waals surface area contributed by atoms with Crippen LogP contribution < -0.4 is 11.1 Å². The van der Waals surface area contributed by atoms with Gasteiger partial charge < -0.3 is 11.1 Å². The summed E-state index contributed by atoms with van der Waals surface area (Å²) < 4.78 is 0. The summed E-state index contributed by atoms with van der Waals surface area (Å²) in [6.45, 7) is 0.692. The van der Waals surface area contributed by atoms with Crippen LogP contribution in [0.3, 0.4) is 0 Å². The first-order valence-corrected chi connectivity index (χ1v) is 7.32. The number of hydrogen-bond acceptors (Lipinski definition) is 3. The predicted octanol–water partition coefficient (Wildman–Crippen LogP) is 2.90. The number of nitrogens with two attached hydrogens (primary N) is 1. The van der Waals surface area contributed by atoms with Gasteiger partial charge in [-0.1, -0.05) is 30.4 Å². The number of nitrogen functional groups attached to an aromatic ring is 1. The fourth-order valence-corrected chi connectivity index (χ4v) is 2.69. The van der Waals surface area contributed by atoms with E-state index in [0.29, 0.717) is 23.8 Å². The molecular formula is C17H19N3O. The number of carbonyl (C=O) groups excluding carboxylic acids is 1. The lowest BCUT2D eigenvalue weighted by atomic mass is 9.94. The fraction of sp³-hybridized carbons (Fsp3) is 0.294. The molecule has 0 saturated carbocycles. The molecular weight excluding hydrogens is 262 g/mol. The maximum atomic E-state index is 12.2. The second-order valence-corrected chi connectivity index (χ2v) is 5.47.